The number of benzene rings is 2. The molecule has 0 aliphatic carbocycles. The highest BCUT2D eigenvalue weighted by molar-refractivity contribution is 7.99. The fourth-order valence-electron chi connectivity index (χ4n) is 3.11. The quantitative estimate of drug-likeness (QED) is 0.338. The highest BCUT2D eigenvalue weighted by Crippen LogP contribution is 2.22. The number of carbonyl (C=O) groups excluding carboxylic acids is 2. The fraction of sp³-hybridized carbons (Fsp3) is 0.440. The summed E-state index contributed by atoms with van der Waals surface area (Å²) in [6, 6.07) is 15.3. The second kappa shape index (κ2) is 12.8. The van der Waals surface area contributed by atoms with Gasteiger partial charge in [0.1, 0.15) is 6.04 Å². The van der Waals surface area contributed by atoms with Crippen LogP contribution in [0.4, 0.5) is 0 Å². The average Bonchev–Trinajstić information content (AvgIpc) is 2.76. The van der Waals surface area contributed by atoms with E-state index in [0.29, 0.717) is 13.0 Å². The van der Waals surface area contributed by atoms with Crippen molar-refractivity contribution in [3.05, 3.63) is 64.7 Å². The smallest absolute Gasteiger partial charge is 0.242 e. The van der Waals surface area contributed by atoms with Crippen molar-refractivity contribution in [1.82, 2.24) is 10.2 Å². The van der Waals surface area contributed by atoms with Gasteiger partial charge in [0, 0.05) is 28.9 Å². The number of rotatable bonds is 11. The Morgan fingerprint density at radius 3 is 2.42 bits per heavy atom. The molecule has 2 amide bonds. The van der Waals surface area contributed by atoms with Crippen molar-refractivity contribution in [3.8, 4) is 0 Å². The van der Waals surface area contributed by atoms with E-state index in [9.17, 15) is 9.59 Å². The lowest BCUT2D eigenvalue weighted by atomic mass is 10.1. The summed E-state index contributed by atoms with van der Waals surface area (Å²) in [4.78, 5) is 28.7. The van der Waals surface area contributed by atoms with Gasteiger partial charge in [-0.25, -0.2) is 0 Å². The van der Waals surface area contributed by atoms with E-state index in [-0.39, 0.29) is 17.9 Å². The van der Waals surface area contributed by atoms with Crippen molar-refractivity contribution in [2.24, 2.45) is 0 Å². The summed E-state index contributed by atoms with van der Waals surface area (Å²) < 4.78 is 0. The molecule has 2 atom stereocenters. The van der Waals surface area contributed by atoms with Crippen LogP contribution in [-0.2, 0) is 16.1 Å². The van der Waals surface area contributed by atoms with Crippen LogP contribution in [0.3, 0.4) is 0 Å². The van der Waals surface area contributed by atoms with E-state index >= 15 is 0 Å². The lowest BCUT2D eigenvalue weighted by molar-refractivity contribution is -0.140. The van der Waals surface area contributed by atoms with Crippen LogP contribution in [0.1, 0.15) is 51.2 Å². The topological polar surface area (TPSA) is 49.4 Å². The standard InChI is InChI=1S/C25H33ClN2O2S/c1-5-19(3)27-25(30)20(4)28(17-21-10-7-6-9-18(21)2)24(29)11-8-16-31-23-14-12-22(26)13-15-23/h6-7,9-10,12-15,19-20H,5,8,11,16-17H2,1-4H3,(H,27,30). The molecule has 1 N–H and O–H groups in total. The zero-order chi connectivity index (χ0) is 22.8. The summed E-state index contributed by atoms with van der Waals surface area (Å²) in [6.45, 7) is 8.29. The number of aryl methyl sites for hydroxylation is 1. The van der Waals surface area contributed by atoms with E-state index in [2.05, 4.69) is 5.32 Å². The van der Waals surface area contributed by atoms with E-state index in [1.807, 2.05) is 76.2 Å². The van der Waals surface area contributed by atoms with Gasteiger partial charge in [-0.1, -0.05) is 42.8 Å². The van der Waals surface area contributed by atoms with Crippen LogP contribution in [0.2, 0.25) is 5.02 Å². The maximum atomic E-state index is 13.1. The molecule has 0 saturated carbocycles. The van der Waals surface area contributed by atoms with Crippen molar-refractivity contribution in [1.29, 1.82) is 0 Å². The van der Waals surface area contributed by atoms with Crippen LogP contribution < -0.4 is 5.32 Å². The predicted molar refractivity (Wildman–Crippen MR) is 130 cm³/mol. The molecule has 31 heavy (non-hydrogen) atoms. The Morgan fingerprint density at radius 1 is 1.10 bits per heavy atom. The number of nitrogens with one attached hydrogen (secondary N) is 1. The summed E-state index contributed by atoms with van der Waals surface area (Å²) in [5.41, 5.74) is 2.18. The third-order valence-corrected chi connectivity index (χ3v) is 6.74. The van der Waals surface area contributed by atoms with Crippen molar-refractivity contribution in [3.63, 3.8) is 0 Å². The molecule has 0 aliphatic heterocycles. The first-order valence-corrected chi connectivity index (χ1v) is 12.2. The molecule has 0 fully saturated rings. The van der Waals surface area contributed by atoms with Crippen LogP contribution in [0.15, 0.2) is 53.4 Å². The molecular formula is C25H33ClN2O2S. The van der Waals surface area contributed by atoms with Crippen LogP contribution in [-0.4, -0.2) is 34.6 Å². The second-order valence-electron chi connectivity index (χ2n) is 7.85. The van der Waals surface area contributed by atoms with Crippen LogP contribution in [0.5, 0.6) is 0 Å². The van der Waals surface area contributed by atoms with Crippen molar-refractivity contribution < 1.29 is 9.59 Å². The van der Waals surface area contributed by atoms with Gasteiger partial charge in [0.25, 0.3) is 0 Å². The largest absolute Gasteiger partial charge is 0.352 e. The highest BCUT2D eigenvalue weighted by atomic mass is 35.5. The first kappa shape index (κ1) is 25.3. The molecule has 0 bridgehead atoms. The molecule has 0 spiro atoms. The highest BCUT2D eigenvalue weighted by Gasteiger charge is 2.26. The molecule has 168 valence electrons. The molecule has 6 heteroatoms. The molecule has 0 aromatic heterocycles. The minimum atomic E-state index is -0.523. The van der Waals surface area contributed by atoms with E-state index < -0.39 is 6.04 Å². The van der Waals surface area contributed by atoms with Gasteiger partial charge in [0.2, 0.25) is 11.8 Å². The van der Waals surface area contributed by atoms with Gasteiger partial charge in [-0.15, -0.1) is 11.8 Å². The molecule has 4 nitrogen and oxygen atoms in total. The van der Waals surface area contributed by atoms with Crippen molar-refractivity contribution in [2.45, 2.75) is 70.5 Å². The van der Waals surface area contributed by atoms with Gasteiger partial charge in [0.05, 0.1) is 0 Å². The number of nitrogens with zero attached hydrogens (tertiary/aromatic N) is 1. The molecule has 2 unspecified atom stereocenters. The minimum Gasteiger partial charge on any atom is -0.352 e. The average molecular weight is 461 g/mol. The maximum absolute atomic E-state index is 13.1. The van der Waals surface area contributed by atoms with Crippen LogP contribution >= 0.6 is 23.4 Å². The summed E-state index contributed by atoms with van der Waals surface area (Å²) >= 11 is 7.64. The monoisotopic (exact) mass is 460 g/mol. The SMILES string of the molecule is CCC(C)NC(=O)C(C)N(Cc1ccccc1C)C(=O)CCCSc1ccc(Cl)cc1. The van der Waals surface area contributed by atoms with Crippen molar-refractivity contribution in [2.75, 3.05) is 5.75 Å². The Balaban J connectivity index is 2.01. The Bertz CT molecular complexity index is 857. The van der Waals surface area contributed by atoms with Gasteiger partial charge in [-0.05, 0) is 74.8 Å². The third kappa shape index (κ3) is 8.23. The van der Waals surface area contributed by atoms with Crippen molar-refractivity contribution >= 4 is 35.2 Å². The van der Waals surface area contributed by atoms with Gasteiger partial charge >= 0.3 is 0 Å². The Kier molecular flexibility index (Phi) is 10.4. The summed E-state index contributed by atoms with van der Waals surface area (Å²) in [7, 11) is 0. The van der Waals surface area contributed by atoms with Gasteiger partial charge in [-0.3, -0.25) is 9.59 Å². The minimum absolute atomic E-state index is 0.00626. The summed E-state index contributed by atoms with van der Waals surface area (Å²) in [6.07, 6.45) is 2.01. The first-order chi connectivity index (χ1) is 14.8. The Hall–Kier alpha value is -1.98. The number of hydrogen-bond acceptors (Lipinski definition) is 3. The lowest BCUT2D eigenvalue weighted by Gasteiger charge is -2.30. The lowest BCUT2D eigenvalue weighted by Crippen LogP contribution is -2.49. The maximum Gasteiger partial charge on any atom is 0.242 e. The summed E-state index contributed by atoms with van der Waals surface area (Å²) in [5.74, 6) is 0.734. The van der Waals surface area contributed by atoms with Crippen LogP contribution in [0, 0.1) is 6.92 Å². The molecule has 0 aliphatic rings. The van der Waals surface area contributed by atoms with E-state index in [1.165, 1.54) is 0 Å². The van der Waals surface area contributed by atoms with Gasteiger partial charge < -0.3 is 10.2 Å². The first-order valence-electron chi connectivity index (χ1n) is 10.8. The van der Waals surface area contributed by atoms with Crippen LogP contribution in [0.25, 0.3) is 0 Å². The number of carbonyl (C=O) groups is 2. The predicted octanol–water partition coefficient (Wildman–Crippen LogP) is 5.85. The fourth-order valence-corrected chi connectivity index (χ4v) is 4.09. The van der Waals surface area contributed by atoms with E-state index in [4.69, 9.17) is 11.6 Å². The zero-order valence-corrected chi connectivity index (χ0v) is 20.4. The Labute approximate surface area is 195 Å². The number of halogens is 1. The number of hydrogen-bond donors (Lipinski definition) is 1. The molecule has 2 aromatic carbocycles. The summed E-state index contributed by atoms with van der Waals surface area (Å²) in [5, 5.41) is 3.73. The molecule has 0 radical (unpaired) electrons. The molecule has 2 aromatic rings. The second-order valence-corrected chi connectivity index (χ2v) is 9.45. The third-order valence-electron chi connectivity index (χ3n) is 5.39. The molecule has 0 heterocycles. The Morgan fingerprint density at radius 2 is 1.77 bits per heavy atom. The van der Waals surface area contributed by atoms with E-state index in [0.717, 1.165) is 39.6 Å². The molecular weight excluding hydrogens is 428 g/mol. The van der Waals surface area contributed by atoms with Gasteiger partial charge in [0.15, 0.2) is 0 Å². The number of thioether (sulfide) groups is 1. The van der Waals surface area contributed by atoms with Gasteiger partial charge in [-0.2, -0.15) is 0 Å². The molecule has 2 rings (SSSR count). The van der Waals surface area contributed by atoms with E-state index in [1.54, 1.807) is 16.7 Å². The molecule has 0 saturated heterocycles. The number of amides is 2. The zero-order valence-electron chi connectivity index (χ0n) is 18.9. The normalized spacial score (nSPS) is 12.8.